The number of esters is 1. The number of aliphatic carboxylic acids is 1. The molecular formula is C11H18Cl2O4. The number of carboxylic acids is 1. The highest BCUT2D eigenvalue weighted by molar-refractivity contribution is 6.66. The third kappa shape index (κ3) is 5.59. The molecule has 0 amide bonds. The van der Waals surface area contributed by atoms with Gasteiger partial charge in [0.25, 0.3) is 0 Å². The number of alkyl halides is 2. The van der Waals surface area contributed by atoms with Crippen molar-refractivity contribution in [3.8, 4) is 0 Å². The van der Waals surface area contributed by atoms with Gasteiger partial charge in [0.2, 0.25) is 0 Å². The summed E-state index contributed by atoms with van der Waals surface area (Å²) in [5, 5.41) is 8.65. The maximum Gasteiger partial charge on any atom is 0.354 e. The van der Waals surface area contributed by atoms with Gasteiger partial charge in [-0.15, -0.1) is 0 Å². The molecule has 1 unspecified atom stereocenters. The number of hydrogen-bond donors (Lipinski definition) is 1. The molecule has 0 saturated carbocycles. The van der Waals surface area contributed by atoms with Crippen molar-refractivity contribution in [3.05, 3.63) is 0 Å². The number of carbonyl (C=O) groups excluding carboxylic acids is 1. The lowest BCUT2D eigenvalue weighted by Crippen LogP contribution is -2.39. The minimum absolute atomic E-state index is 0.346. The largest absolute Gasteiger partial charge is 0.479 e. The van der Waals surface area contributed by atoms with E-state index in [1.165, 1.54) is 0 Å². The minimum atomic E-state index is -2.52. The van der Waals surface area contributed by atoms with Crippen LogP contribution in [0.25, 0.3) is 0 Å². The molecule has 0 heterocycles. The number of carboxylic acid groups (broad SMARTS) is 1. The molecule has 0 aliphatic heterocycles. The summed E-state index contributed by atoms with van der Waals surface area (Å²) < 4.78 is 2.47. The summed E-state index contributed by atoms with van der Waals surface area (Å²) in [5.41, 5.74) is 0. The van der Waals surface area contributed by atoms with Gasteiger partial charge >= 0.3 is 16.3 Å². The average Bonchev–Trinajstić information content (AvgIpc) is 2.23. The van der Waals surface area contributed by atoms with E-state index in [0.29, 0.717) is 18.8 Å². The molecule has 1 atom stereocenters. The summed E-state index contributed by atoms with van der Waals surface area (Å²) in [6, 6.07) is 0. The smallest absolute Gasteiger partial charge is 0.354 e. The first-order chi connectivity index (χ1) is 7.71. The molecule has 0 spiro atoms. The topological polar surface area (TPSA) is 63.6 Å². The Morgan fingerprint density at radius 2 is 1.82 bits per heavy atom. The maximum atomic E-state index is 11.5. The van der Waals surface area contributed by atoms with Crippen molar-refractivity contribution >= 4 is 35.1 Å². The monoisotopic (exact) mass is 284 g/mol. The van der Waals surface area contributed by atoms with Crippen LogP contribution < -0.4 is 0 Å². The fraction of sp³-hybridized carbons (Fsp3) is 0.818. The van der Waals surface area contributed by atoms with Gasteiger partial charge in [0.05, 0.1) is 0 Å². The fourth-order valence-corrected chi connectivity index (χ4v) is 1.27. The lowest BCUT2D eigenvalue weighted by atomic mass is 10.0. The maximum absolute atomic E-state index is 11.5. The lowest BCUT2D eigenvalue weighted by molar-refractivity contribution is -0.156. The molecule has 4 nitrogen and oxygen atoms in total. The third-order valence-corrected chi connectivity index (χ3v) is 2.95. The van der Waals surface area contributed by atoms with E-state index in [0.717, 1.165) is 6.42 Å². The summed E-state index contributed by atoms with van der Waals surface area (Å²) in [4.78, 5) is 22.1. The normalized spacial score (nSPS) is 13.5. The fourth-order valence-electron chi connectivity index (χ4n) is 1.18. The summed E-state index contributed by atoms with van der Waals surface area (Å²) in [6.45, 7) is 5.96. The van der Waals surface area contributed by atoms with Gasteiger partial charge in [-0.05, 0) is 25.2 Å². The second kappa shape index (κ2) is 7.07. The van der Waals surface area contributed by atoms with Crippen LogP contribution in [0.5, 0.6) is 0 Å². The van der Waals surface area contributed by atoms with Crippen molar-refractivity contribution in [2.75, 3.05) is 0 Å². The van der Waals surface area contributed by atoms with Gasteiger partial charge in [-0.1, -0.05) is 44.0 Å². The van der Waals surface area contributed by atoms with E-state index in [4.69, 9.17) is 33.0 Å². The lowest BCUT2D eigenvalue weighted by Gasteiger charge is -2.20. The quantitative estimate of drug-likeness (QED) is 0.443. The molecular weight excluding hydrogens is 267 g/mol. The van der Waals surface area contributed by atoms with Crippen LogP contribution in [0.1, 0.15) is 40.0 Å². The SMILES string of the molecule is CCC(CCC(C)C)OC(=O)C(Cl)(Cl)C(=O)O. The van der Waals surface area contributed by atoms with E-state index in [1.807, 2.05) is 6.92 Å². The Bertz CT molecular complexity index is 277. The van der Waals surface area contributed by atoms with Crippen LogP contribution >= 0.6 is 23.2 Å². The molecule has 0 aromatic carbocycles. The van der Waals surface area contributed by atoms with Crippen molar-refractivity contribution in [2.24, 2.45) is 5.92 Å². The Hall–Kier alpha value is -0.480. The highest BCUT2D eigenvalue weighted by Gasteiger charge is 2.45. The molecule has 0 saturated heterocycles. The zero-order valence-corrected chi connectivity index (χ0v) is 11.7. The number of halogens is 2. The van der Waals surface area contributed by atoms with Gasteiger partial charge in [-0.3, -0.25) is 0 Å². The van der Waals surface area contributed by atoms with Crippen LogP contribution in [0, 0.1) is 5.92 Å². The number of carbonyl (C=O) groups is 2. The van der Waals surface area contributed by atoms with Crippen molar-refractivity contribution in [3.63, 3.8) is 0 Å². The molecule has 0 rings (SSSR count). The Morgan fingerprint density at radius 3 is 2.18 bits per heavy atom. The number of ether oxygens (including phenoxy) is 1. The zero-order chi connectivity index (χ0) is 13.6. The third-order valence-electron chi connectivity index (χ3n) is 2.32. The first kappa shape index (κ1) is 16.5. The second-order valence-electron chi connectivity index (χ2n) is 4.29. The molecule has 0 fully saturated rings. The van der Waals surface area contributed by atoms with Crippen molar-refractivity contribution in [2.45, 2.75) is 50.5 Å². The van der Waals surface area contributed by atoms with Gasteiger partial charge in [0, 0.05) is 0 Å². The highest BCUT2D eigenvalue weighted by atomic mass is 35.5. The van der Waals surface area contributed by atoms with Crippen molar-refractivity contribution in [1.29, 1.82) is 0 Å². The molecule has 0 aliphatic carbocycles. The van der Waals surface area contributed by atoms with Gasteiger partial charge in [-0.25, -0.2) is 9.59 Å². The predicted octanol–water partition coefficient (Wildman–Crippen LogP) is 3.00. The van der Waals surface area contributed by atoms with E-state index >= 15 is 0 Å². The molecule has 17 heavy (non-hydrogen) atoms. The van der Waals surface area contributed by atoms with Crippen LogP contribution in [0.4, 0.5) is 0 Å². The predicted molar refractivity (Wildman–Crippen MR) is 66.3 cm³/mol. The Kier molecular flexibility index (Phi) is 6.87. The first-order valence-corrected chi connectivity index (χ1v) is 6.29. The van der Waals surface area contributed by atoms with E-state index in [-0.39, 0.29) is 6.10 Å². The van der Waals surface area contributed by atoms with E-state index < -0.39 is 16.3 Å². The highest BCUT2D eigenvalue weighted by Crippen LogP contribution is 2.25. The van der Waals surface area contributed by atoms with Crippen LogP contribution in [-0.4, -0.2) is 27.5 Å². The molecule has 0 radical (unpaired) electrons. The van der Waals surface area contributed by atoms with Gasteiger partial charge in [-0.2, -0.15) is 0 Å². The average molecular weight is 285 g/mol. The summed E-state index contributed by atoms with van der Waals surface area (Å²) in [6.07, 6.45) is 1.81. The second-order valence-corrected chi connectivity index (χ2v) is 5.61. The van der Waals surface area contributed by atoms with Crippen LogP contribution in [0.3, 0.4) is 0 Å². The molecule has 100 valence electrons. The van der Waals surface area contributed by atoms with E-state index in [2.05, 4.69) is 13.8 Å². The summed E-state index contributed by atoms with van der Waals surface area (Å²) >= 11 is 10.8. The van der Waals surface area contributed by atoms with E-state index in [1.54, 1.807) is 0 Å². The summed E-state index contributed by atoms with van der Waals surface area (Å²) in [5.74, 6) is -2.26. The van der Waals surface area contributed by atoms with Crippen molar-refractivity contribution < 1.29 is 19.4 Å². The standard InChI is InChI=1S/C11H18Cl2O4/c1-4-8(6-5-7(2)3)17-10(16)11(12,13)9(14)15/h7-8H,4-6H2,1-3H3,(H,14,15). The number of hydrogen-bond acceptors (Lipinski definition) is 3. The van der Waals surface area contributed by atoms with Gasteiger partial charge in [0.15, 0.2) is 0 Å². The van der Waals surface area contributed by atoms with Crippen LogP contribution in [0.15, 0.2) is 0 Å². The molecule has 0 aromatic heterocycles. The Labute approximate surface area is 111 Å². The van der Waals surface area contributed by atoms with Crippen molar-refractivity contribution in [1.82, 2.24) is 0 Å². The minimum Gasteiger partial charge on any atom is -0.479 e. The number of rotatable bonds is 7. The Balaban J connectivity index is 4.38. The molecule has 1 N–H and O–H groups in total. The van der Waals surface area contributed by atoms with Gasteiger partial charge < -0.3 is 9.84 Å². The summed E-state index contributed by atoms with van der Waals surface area (Å²) in [7, 11) is 0. The van der Waals surface area contributed by atoms with Crippen LogP contribution in [0.2, 0.25) is 0 Å². The Morgan fingerprint density at radius 1 is 1.29 bits per heavy atom. The molecule has 0 bridgehead atoms. The molecule has 0 aromatic rings. The van der Waals surface area contributed by atoms with Gasteiger partial charge in [0.1, 0.15) is 6.10 Å². The molecule has 6 heteroatoms. The first-order valence-electron chi connectivity index (χ1n) is 5.54. The molecule has 0 aliphatic rings. The van der Waals surface area contributed by atoms with Crippen LogP contribution in [-0.2, 0) is 14.3 Å². The van der Waals surface area contributed by atoms with E-state index in [9.17, 15) is 9.59 Å². The zero-order valence-electron chi connectivity index (χ0n) is 10.2.